The lowest BCUT2D eigenvalue weighted by Gasteiger charge is -2.33. The van der Waals surface area contributed by atoms with Crippen LogP contribution >= 0.6 is 15.9 Å². The first-order chi connectivity index (χ1) is 12.3. The first kappa shape index (κ1) is 18.8. The van der Waals surface area contributed by atoms with Gasteiger partial charge in [-0.1, -0.05) is 35.0 Å². The zero-order chi connectivity index (χ0) is 18.9. The summed E-state index contributed by atoms with van der Waals surface area (Å²) in [5.74, 6) is -0.287. The molecule has 26 heavy (non-hydrogen) atoms. The summed E-state index contributed by atoms with van der Waals surface area (Å²) in [6.07, 6.45) is -3.93. The fourth-order valence-electron chi connectivity index (χ4n) is 2.93. The van der Waals surface area contributed by atoms with Crippen molar-refractivity contribution in [2.75, 3.05) is 11.9 Å². The number of anilines is 1. The van der Waals surface area contributed by atoms with Crippen LogP contribution in [0.3, 0.4) is 0 Å². The number of hydrogen-bond acceptors (Lipinski definition) is 3. The normalized spacial score (nSPS) is 19.6. The Morgan fingerprint density at radius 1 is 1.38 bits per heavy atom. The summed E-state index contributed by atoms with van der Waals surface area (Å²) in [6, 6.07) is 6.18. The standard InChI is InChI=1S/C17H18BrF3N4O/c1-2-7-22-16(26)13-9-15-23-12(10-3-5-11(18)6-4-10)8-14(17(19,20)21)25(15)24-13/h3-6,9,12,14,23H,2,7-8H2,1H3,(H,22,26). The number of benzene rings is 1. The molecule has 1 amide bonds. The van der Waals surface area contributed by atoms with Crippen LogP contribution in [-0.4, -0.2) is 28.4 Å². The van der Waals surface area contributed by atoms with Gasteiger partial charge in [-0.3, -0.25) is 4.79 Å². The molecular formula is C17H18BrF3N4O. The molecule has 0 bridgehead atoms. The molecule has 140 valence electrons. The Kier molecular flexibility index (Phi) is 5.27. The summed E-state index contributed by atoms with van der Waals surface area (Å²) in [7, 11) is 0. The van der Waals surface area contributed by atoms with Gasteiger partial charge in [0.1, 0.15) is 5.82 Å². The molecule has 0 spiro atoms. The summed E-state index contributed by atoms with van der Waals surface area (Å²) in [5.41, 5.74) is 0.721. The SMILES string of the molecule is CCCNC(=O)c1cc2n(n1)C(C(F)(F)F)CC(c1ccc(Br)cc1)N2. The highest BCUT2D eigenvalue weighted by atomic mass is 79.9. The number of halogens is 4. The number of fused-ring (bicyclic) bond motifs is 1. The van der Waals surface area contributed by atoms with Crippen molar-refractivity contribution < 1.29 is 18.0 Å². The summed E-state index contributed by atoms with van der Waals surface area (Å²) >= 11 is 3.32. The lowest BCUT2D eigenvalue weighted by molar-refractivity contribution is -0.173. The molecule has 0 radical (unpaired) electrons. The van der Waals surface area contributed by atoms with E-state index in [1.54, 1.807) is 24.3 Å². The minimum Gasteiger partial charge on any atom is -0.363 e. The van der Waals surface area contributed by atoms with Crippen molar-refractivity contribution in [3.8, 4) is 0 Å². The van der Waals surface area contributed by atoms with E-state index in [1.165, 1.54) is 6.07 Å². The predicted molar refractivity (Wildman–Crippen MR) is 95.1 cm³/mol. The van der Waals surface area contributed by atoms with Crippen LogP contribution < -0.4 is 10.6 Å². The van der Waals surface area contributed by atoms with Crippen LogP contribution in [0.2, 0.25) is 0 Å². The maximum Gasteiger partial charge on any atom is 0.410 e. The molecular weight excluding hydrogens is 413 g/mol. The van der Waals surface area contributed by atoms with Crippen molar-refractivity contribution in [1.82, 2.24) is 15.1 Å². The molecule has 0 aliphatic carbocycles. The number of aromatic nitrogens is 2. The number of amides is 1. The third-order valence-corrected chi connectivity index (χ3v) is 4.76. The van der Waals surface area contributed by atoms with E-state index in [0.717, 1.165) is 21.1 Å². The number of carbonyl (C=O) groups is 1. The van der Waals surface area contributed by atoms with Gasteiger partial charge >= 0.3 is 6.18 Å². The lowest BCUT2D eigenvalue weighted by atomic mass is 9.97. The van der Waals surface area contributed by atoms with Gasteiger partial charge in [0.2, 0.25) is 0 Å². The molecule has 9 heteroatoms. The molecule has 3 rings (SSSR count). The Balaban J connectivity index is 1.93. The Bertz CT molecular complexity index is 788. The quantitative estimate of drug-likeness (QED) is 0.753. The van der Waals surface area contributed by atoms with Crippen molar-refractivity contribution in [1.29, 1.82) is 0 Å². The van der Waals surface area contributed by atoms with Gasteiger partial charge in [-0.05, 0) is 24.1 Å². The van der Waals surface area contributed by atoms with Gasteiger partial charge in [0.25, 0.3) is 5.91 Å². The molecule has 2 aromatic rings. The summed E-state index contributed by atoms with van der Waals surface area (Å²) in [4.78, 5) is 12.1. The van der Waals surface area contributed by atoms with Gasteiger partial charge in [-0.15, -0.1) is 0 Å². The Morgan fingerprint density at radius 2 is 2.08 bits per heavy atom. The second-order valence-electron chi connectivity index (χ2n) is 6.16. The molecule has 2 unspecified atom stereocenters. The summed E-state index contributed by atoms with van der Waals surface area (Å²) in [5, 5.41) is 9.61. The molecule has 5 nitrogen and oxygen atoms in total. The maximum absolute atomic E-state index is 13.6. The average Bonchev–Trinajstić information content (AvgIpc) is 3.02. The van der Waals surface area contributed by atoms with E-state index >= 15 is 0 Å². The number of rotatable bonds is 4. The van der Waals surface area contributed by atoms with Crippen LogP contribution in [0.15, 0.2) is 34.8 Å². The van der Waals surface area contributed by atoms with Crippen molar-refractivity contribution in [3.05, 3.63) is 46.1 Å². The second-order valence-corrected chi connectivity index (χ2v) is 7.07. The van der Waals surface area contributed by atoms with Crippen LogP contribution in [-0.2, 0) is 0 Å². The van der Waals surface area contributed by atoms with E-state index < -0.39 is 24.2 Å². The van der Waals surface area contributed by atoms with Crippen LogP contribution in [0.5, 0.6) is 0 Å². The fraction of sp³-hybridized carbons (Fsp3) is 0.412. The molecule has 1 aromatic heterocycles. The van der Waals surface area contributed by atoms with Gasteiger partial charge in [0.05, 0.1) is 6.04 Å². The highest BCUT2D eigenvalue weighted by Gasteiger charge is 2.46. The van der Waals surface area contributed by atoms with Gasteiger partial charge in [0, 0.05) is 23.5 Å². The molecule has 1 aromatic carbocycles. The number of hydrogen-bond donors (Lipinski definition) is 2. The predicted octanol–water partition coefficient (Wildman–Crippen LogP) is 4.45. The maximum atomic E-state index is 13.6. The molecule has 0 saturated heterocycles. The molecule has 2 N–H and O–H groups in total. The van der Waals surface area contributed by atoms with E-state index in [9.17, 15) is 18.0 Å². The minimum absolute atomic E-state index is 0.0216. The van der Waals surface area contributed by atoms with Crippen LogP contribution in [0, 0.1) is 0 Å². The Morgan fingerprint density at radius 3 is 2.69 bits per heavy atom. The number of nitrogens with zero attached hydrogens (tertiary/aromatic N) is 2. The first-order valence-electron chi connectivity index (χ1n) is 8.26. The molecule has 2 atom stereocenters. The Hall–Kier alpha value is -2.03. The number of nitrogens with one attached hydrogen (secondary N) is 2. The molecule has 2 heterocycles. The monoisotopic (exact) mass is 430 g/mol. The fourth-order valence-corrected chi connectivity index (χ4v) is 3.19. The second kappa shape index (κ2) is 7.30. The van der Waals surface area contributed by atoms with Gasteiger partial charge in [0.15, 0.2) is 11.7 Å². The minimum atomic E-state index is -4.46. The molecule has 0 fully saturated rings. The zero-order valence-corrected chi connectivity index (χ0v) is 15.6. The van der Waals surface area contributed by atoms with Crippen molar-refractivity contribution >= 4 is 27.7 Å². The van der Waals surface area contributed by atoms with Crippen LogP contribution in [0.25, 0.3) is 0 Å². The van der Waals surface area contributed by atoms with Gasteiger partial charge in [-0.25, -0.2) is 4.68 Å². The summed E-state index contributed by atoms with van der Waals surface area (Å²) in [6.45, 7) is 2.33. The largest absolute Gasteiger partial charge is 0.410 e. The topological polar surface area (TPSA) is 59.0 Å². The van der Waals surface area contributed by atoms with Gasteiger partial charge < -0.3 is 10.6 Å². The lowest BCUT2D eigenvalue weighted by Crippen LogP contribution is -2.35. The molecule has 0 saturated carbocycles. The first-order valence-corrected chi connectivity index (χ1v) is 9.05. The van der Waals surface area contributed by atoms with Crippen LogP contribution in [0.4, 0.5) is 19.0 Å². The van der Waals surface area contributed by atoms with E-state index in [0.29, 0.717) is 6.54 Å². The number of carbonyl (C=O) groups excluding carboxylic acids is 1. The third kappa shape index (κ3) is 3.87. The zero-order valence-electron chi connectivity index (χ0n) is 14.0. The summed E-state index contributed by atoms with van der Waals surface area (Å²) < 4.78 is 42.5. The van der Waals surface area contributed by atoms with E-state index in [-0.39, 0.29) is 17.9 Å². The van der Waals surface area contributed by atoms with Crippen LogP contribution in [0.1, 0.15) is 47.9 Å². The Labute approximate surface area is 157 Å². The third-order valence-electron chi connectivity index (χ3n) is 4.23. The number of alkyl halides is 3. The highest BCUT2D eigenvalue weighted by molar-refractivity contribution is 9.10. The molecule has 1 aliphatic rings. The molecule has 1 aliphatic heterocycles. The average molecular weight is 431 g/mol. The van der Waals surface area contributed by atoms with E-state index in [2.05, 4.69) is 31.7 Å². The van der Waals surface area contributed by atoms with Crippen molar-refractivity contribution in [2.24, 2.45) is 0 Å². The smallest absolute Gasteiger partial charge is 0.363 e. The van der Waals surface area contributed by atoms with Crippen molar-refractivity contribution in [2.45, 2.75) is 38.0 Å². The van der Waals surface area contributed by atoms with E-state index in [1.807, 2.05) is 6.92 Å². The highest BCUT2D eigenvalue weighted by Crippen LogP contribution is 2.43. The van der Waals surface area contributed by atoms with Crippen molar-refractivity contribution in [3.63, 3.8) is 0 Å². The van der Waals surface area contributed by atoms with Gasteiger partial charge in [-0.2, -0.15) is 18.3 Å². The van der Waals surface area contributed by atoms with E-state index in [4.69, 9.17) is 0 Å².